The van der Waals surface area contributed by atoms with E-state index in [1.807, 2.05) is 12.1 Å². The third-order valence-corrected chi connectivity index (χ3v) is 3.36. The fourth-order valence-corrected chi connectivity index (χ4v) is 2.31. The van der Waals surface area contributed by atoms with E-state index in [9.17, 15) is 4.79 Å². The molecule has 2 aromatic heterocycles. The van der Waals surface area contributed by atoms with Crippen LogP contribution >= 0.6 is 0 Å². The summed E-state index contributed by atoms with van der Waals surface area (Å²) >= 11 is 0. The smallest absolute Gasteiger partial charge is 0.269 e. The Hall–Kier alpha value is -3.09. The van der Waals surface area contributed by atoms with Gasteiger partial charge in [0, 0.05) is 6.20 Å². The van der Waals surface area contributed by atoms with Crippen LogP contribution in [-0.2, 0) is 4.79 Å². The van der Waals surface area contributed by atoms with Gasteiger partial charge in [-0.15, -0.1) is 0 Å². The van der Waals surface area contributed by atoms with Gasteiger partial charge in [-0.05, 0) is 24.3 Å². The zero-order valence-corrected chi connectivity index (χ0v) is 11.5. The summed E-state index contributed by atoms with van der Waals surface area (Å²) in [5, 5.41) is 6.83. The van der Waals surface area contributed by atoms with Crippen molar-refractivity contribution in [2.24, 2.45) is 0 Å². The second-order valence-corrected chi connectivity index (χ2v) is 4.80. The number of nitrogens with one attached hydrogen (secondary N) is 1. The Morgan fingerprint density at radius 2 is 2.09 bits per heavy atom. The molecular formula is C15H12N4O3. The lowest BCUT2D eigenvalue weighted by Gasteiger charge is -2.25. The summed E-state index contributed by atoms with van der Waals surface area (Å²) < 4.78 is 12.8. The van der Waals surface area contributed by atoms with Crippen molar-refractivity contribution >= 4 is 17.2 Å². The Morgan fingerprint density at radius 1 is 1.23 bits per heavy atom. The first-order chi connectivity index (χ1) is 10.8. The second kappa shape index (κ2) is 5.03. The third kappa shape index (κ3) is 2.12. The molecule has 3 heterocycles. The van der Waals surface area contributed by atoms with Crippen LogP contribution in [0.1, 0.15) is 0 Å². The average molecular weight is 296 g/mol. The van der Waals surface area contributed by atoms with E-state index < -0.39 is 6.10 Å². The minimum absolute atomic E-state index is 0.165. The number of hydrogen-bond donors (Lipinski definition) is 1. The normalized spacial score (nSPS) is 16.5. The zero-order chi connectivity index (χ0) is 14.9. The van der Waals surface area contributed by atoms with Gasteiger partial charge in [0.15, 0.2) is 17.1 Å². The molecule has 1 aromatic carbocycles. The highest BCUT2D eigenvalue weighted by Crippen LogP contribution is 2.31. The molecule has 0 bridgehead atoms. The van der Waals surface area contributed by atoms with Crippen LogP contribution in [0.15, 0.2) is 48.9 Å². The van der Waals surface area contributed by atoms with Crippen LogP contribution in [-0.4, -0.2) is 33.2 Å². The molecule has 0 unspecified atom stereocenters. The van der Waals surface area contributed by atoms with Gasteiger partial charge in [-0.3, -0.25) is 4.79 Å². The van der Waals surface area contributed by atoms with E-state index in [-0.39, 0.29) is 12.5 Å². The summed E-state index contributed by atoms with van der Waals surface area (Å²) in [7, 11) is 0. The van der Waals surface area contributed by atoms with Gasteiger partial charge in [-0.1, -0.05) is 12.1 Å². The van der Waals surface area contributed by atoms with Gasteiger partial charge >= 0.3 is 0 Å². The molecule has 22 heavy (non-hydrogen) atoms. The van der Waals surface area contributed by atoms with Crippen LogP contribution in [0.2, 0.25) is 0 Å². The van der Waals surface area contributed by atoms with Crippen molar-refractivity contribution in [3.8, 4) is 11.5 Å². The van der Waals surface area contributed by atoms with Crippen LogP contribution in [0.4, 0.5) is 5.69 Å². The van der Waals surface area contributed by atoms with E-state index in [0.29, 0.717) is 22.8 Å². The van der Waals surface area contributed by atoms with Gasteiger partial charge in [0.25, 0.3) is 5.91 Å². The van der Waals surface area contributed by atoms with Gasteiger partial charge in [0.2, 0.25) is 6.10 Å². The van der Waals surface area contributed by atoms with Crippen molar-refractivity contribution in [2.45, 2.75) is 6.10 Å². The van der Waals surface area contributed by atoms with E-state index in [1.54, 1.807) is 35.0 Å². The fraction of sp³-hybridized carbons (Fsp3) is 0.133. The number of para-hydroxylation sites is 2. The van der Waals surface area contributed by atoms with Crippen LogP contribution < -0.4 is 14.8 Å². The lowest BCUT2D eigenvalue weighted by atomic mass is 10.2. The molecule has 1 N–H and O–H groups in total. The molecule has 1 aliphatic rings. The number of rotatable bonds is 2. The number of aromatic nitrogens is 3. The number of ether oxygens (including phenoxy) is 2. The highest BCUT2D eigenvalue weighted by atomic mass is 16.6. The predicted octanol–water partition coefficient (Wildman–Crippen LogP) is 1.51. The van der Waals surface area contributed by atoms with Crippen molar-refractivity contribution < 1.29 is 14.3 Å². The van der Waals surface area contributed by atoms with E-state index in [1.165, 1.54) is 6.33 Å². The molecule has 1 amide bonds. The molecule has 0 fully saturated rings. The second-order valence-electron chi connectivity index (χ2n) is 4.80. The number of nitrogens with zero attached hydrogens (tertiary/aromatic N) is 3. The maximum absolute atomic E-state index is 12.4. The molecule has 4 rings (SSSR count). The van der Waals surface area contributed by atoms with Crippen LogP contribution in [0.25, 0.3) is 5.65 Å². The van der Waals surface area contributed by atoms with Crippen molar-refractivity contribution in [3.05, 3.63) is 48.9 Å². The fourth-order valence-electron chi connectivity index (χ4n) is 2.31. The Kier molecular flexibility index (Phi) is 2.89. The standard InChI is InChI=1S/C15H12N4O3/c20-15(13-8-21-11-5-1-2-6-12(11)22-13)18-10-4-3-7-19-14(10)16-9-17-19/h1-7,9,13H,8H2,(H,18,20)/t13-/m1/s1. The molecule has 1 atom stereocenters. The van der Waals surface area contributed by atoms with Gasteiger partial charge in [-0.25, -0.2) is 9.50 Å². The first-order valence-electron chi connectivity index (χ1n) is 6.79. The maximum Gasteiger partial charge on any atom is 0.269 e. The number of amides is 1. The maximum atomic E-state index is 12.4. The van der Waals surface area contributed by atoms with Crippen molar-refractivity contribution in [3.63, 3.8) is 0 Å². The van der Waals surface area contributed by atoms with Gasteiger partial charge in [0.05, 0.1) is 5.69 Å². The highest BCUT2D eigenvalue weighted by molar-refractivity contribution is 5.97. The van der Waals surface area contributed by atoms with Crippen molar-refractivity contribution in [1.29, 1.82) is 0 Å². The van der Waals surface area contributed by atoms with E-state index in [2.05, 4.69) is 15.4 Å². The molecule has 7 nitrogen and oxygen atoms in total. The highest BCUT2D eigenvalue weighted by Gasteiger charge is 2.27. The Labute approximate surface area is 125 Å². The number of benzene rings is 1. The van der Waals surface area contributed by atoms with Crippen LogP contribution in [0.5, 0.6) is 11.5 Å². The molecule has 0 saturated carbocycles. The average Bonchev–Trinajstić information content (AvgIpc) is 3.04. The molecule has 110 valence electrons. The summed E-state index contributed by atoms with van der Waals surface area (Å²) in [5.74, 6) is 0.922. The Bertz CT molecular complexity index is 845. The number of pyridine rings is 1. The molecule has 0 spiro atoms. The molecule has 0 saturated heterocycles. The first-order valence-corrected chi connectivity index (χ1v) is 6.79. The summed E-state index contributed by atoms with van der Waals surface area (Å²) in [6.45, 7) is 0.165. The van der Waals surface area contributed by atoms with Crippen LogP contribution in [0.3, 0.4) is 0 Å². The molecule has 0 radical (unpaired) electrons. The molecule has 7 heteroatoms. The molecule has 0 aliphatic carbocycles. The lowest BCUT2D eigenvalue weighted by molar-refractivity contribution is -0.125. The lowest BCUT2D eigenvalue weighted by Crippen LogP contribution is -2.40. The summed E-state index contributed by atoms with van der Waals surface area (Å²) in [6.07, 6.45) is 2.48. The number of carbonyl (C=O) groups is 1. The van der Waals surface area contributed by atoms with Gasteiger partial charge < -0.3 is 14.8 Å². The first kappa shape index (κ1) is 12.6. The Balaban J connectivity index is 1.55. The van der Waals surface area contributed by atoms with Gasteiger partial charge in [0.1, 0.15) is 12.9 Å². The zero-order valence-electron chi connectivity index (χ0n) is 11.5. The van der Waals surface area contributed by atoms with Crippen molar-refractivity contribution in [2.75, 3.05) is 11.9 Å². The van der Waals surface area contributed by atoms with Gasteiger partial charge in [-0.2, -0.15) is 5.10 Å². The van der Waals surface area contributed by atoms with E-state index in [0.717, 1.165) is 0 Å². The van der Waals surface area contributed by atoms with Crippen molar-refractivity contribution in [1.82, 2.24) is 14.6 Å². The summed E-state index contributed by atoms with van der Waals surface area (Å²) in [4.78, 5) is 16.5. The minimum Gasteiger partial charge on any atom is -0.485 e. The summed E-state index contributed by atoms with van der Waals surface area (Å²) in [5.41, 5.74) is 1.15. The largest absolute Gasteiger partial charge is 0.485 e. The monoisotopic (exact) mass is 296 g/mol. The number of carbonyl (C=O) groups excluding carboxylic acids is 1. The topological polar surface area (TPSA) is 77.8 Å². The number of fused-ring (bicyclic) bond motifs is 2. The minimum atomic E-state index is -0.710. The molecule has 3 aromatic rings. The Morgan fingerprint density at radius 3 is 3.00 bits per heavy atom. The quantitative estimate of drug-likeness (QED) is 0.775. The number of anilines is 1. The van der Waals surface area contributed by atoms with E-state index in [4.69, 9.17) is 9.47 Å². The molecule has 1 aliphatic heterocycles. The number of hydrogen-bond acceptors (Lipinski definition) is 5. The summed E-state index contributed by atoms with van der Waals surface area (Å²) in [6, 6.07) is 10.8. The molecular weight excluding hydrogens is 284 g/mol. The van der Waals surface area contributed by atoms with Crippen LogP contribution in [0, 0.1) is 0 Å². The predicted molar refractivity (Wildman–Crippen MR) is 78.0 cm³/mol. The third-order valence-electron chi connectivity index (χ3n) is 3.36. The van der Waals surface area contributed by atoms with E-state index >= 15 is 0 Å². The SMILES string of the molecule is O=C(Nc1cccn2ncnc12)[C@H]1COc2ccccc2O1.